The molecule has 1 aliphatic heterocycles. The molecule has 23 heavy (non-hydrogen) atoms. The van der Waals surface area contributed by atoms with Crippen LogP contribution in [0, 0.1) is 33.3 Å². The van der Waals surface area contributed by atoms with Crippen LogP contribution in [0.15, 0.2) is 29.3 Å². The fraction of sp³-hybridized carbons (Fsp3) is 0.250. The van der Waals surface area contributed by atoms with Crippen LogP contribution in [-0.4, -0.2) is 5.71 Å². The maximum absolute atomic E-state index is 7.50. The Morgan fingerprint density at radius 2 is 1.13 bits per heavy atom. The normalized spacial score (nSPS) is 10.2. The van der Waals surface area contributed by atoms with Crippen LogP contribution in [0.25, 0.3) is 0 Å². The van der Waals surface area contributed by atoms with Gasteiger partial charge in [-0.1, -0.05) is 32.0 Å². The van der Waals surface area contributed by atoms with Crippen LogP contribution >= 0.6 is 0 Å². The Balaban J connectivity index is -0.0000000852. The second-order valence-corrected chi connectivity index (χ2v) is 3.84. The van der Waals surface area contributed by atoms with Crippen molar-refractivity contribution in [3.05, 3.63) is 63.1 Å². The summed E-state index contributed by atoms with van der Waals surface area (Å²) in [5, 5.41) is 0. The molecule has 118 valence electrons. The SMILES string of the molecule is CC1=Nc2ccccc2C1(C)C.[C-]#[O+].[C-]#[O+].[C-]#[O+].[C-]#[O+].[C-]#[O+].[Cr]. The Labute approximate surface area is 146 Å². The molecule has 0 unspecified atom stereocenters. The molecular weight excluding hydrogens is 338 g/mol. The van der Waals surface area contributed by atoms with Gasteiger partial charge in [0.1, 0.15) is 0 Å². The first-order valence-corrected chi connectivity index (χ1v) is 5.30. The predicted molar refractivity (Wildman–Crippen MR) is 71.9 cm³/mol. The molecule has 0 fully saturated rings. The average molecular weight is 351 g/mol. The Kier molecular flexibility index (Phi) is 32.1. The minimum atomic E-state index is 0. The van der Waals surface area contributed by atoms with Gasteiger partial charge in [0.05, 0.1) is 5.69 Å². The Bertz CT molecular complexity index is 519. The quantitative estimate of drug-likeness (QED) is 0.505. The maximum Gasteiger partial charge on any atom is 0 e. The van der Waals surface area contributed by atoms with E-state index in [4.69, 9.17) is 23.3 Å². The number of fused-ring (bicyclic) bond motifs is 1. The van der Waals surface area contributed by atoms with E-state index in [9.17, 15) is 0 Å². The maximum atomic E-state index is 7.50. The zero-order valence-electron chi connectivity index (χ0n) is 12.7. The summed E-state index contributed by atoms with van der Waals surface area (Å²) < 4.78 is 37.5. The van der Waals surface area contributed by atoms with Crippen LogP contribution in [0.3, 0.4) is 0 Å². The molecule has 0 atom stereocenters. The van der Waals surface area contributed by atoms with E-state index >= 15 is 0 Å². The number of hydrogen-bond acceptors (Lipinski definition) is 1. The predicted octanol–water partition coefficient (Wildman–Crippen LogP) is 2.88. The molecule has 0 N–H and O–H groups in total. The van der Waals surface area contributed by atoms with Gasteiger partial charge >= 0.3 is 56.5 Å². The number of rotatable bonds is 0. The van der Waals surface area contributed by atoms with Gasteiger partial charge in [0.25, 0.3) is 0 Å². The minimum absolute atomic E-state index is 0. The van der Waals surface area contributed by atoms with Crippen LogP contribution in [0.1, 0.15) is 26.3 Å². The van der Waals surface area contributed by atoms with Gasteiger partial charge in [-0.15, -0.1) is 0 Å². The second-order valence-electron chi connectivity index (χ2n) is 3.84. The molecule has 0 radical (unpaired) electrons. The summed E-state index contributed by atoms with van der Waals surface area (Å²) in [6, 6.07) is 8.36. The van der Waals surface area contributed by atoms with Gasteiger partial charge in [0.15, 0.2) is 0 Å². The third-order valence-corrected chi connectivity index (χ3v) is 2.77. The van der Waals surface area contributed by atoms with Gasteiger partial charge < -0.3 is 0 Å². The van der Waals surface area contributed by atoms with Crippen LogP contribution in [0.5, 0.6) is 0 Å². The van der Waals surface area contributed by atoms with Crippen LogP contribution in [-0.2, 0) is 46.0 Å². The van der Waals surface area contributed by atoms with Gasteiger partial charge in [-0.3, -0.25) is 4.99 Å². The molecule has 1 aliphatic rings. The Morgan fingerprint density at radius 3 is 1.48 bits per heavy atom. The van der Waals surface area contributed by atoms with E-state index in [1.807, 2.05) is 6.07 Å². The minimum Gasteiger partial charge on any atom is 0 e. The van der Waals surface area contributed by atoms with Gasteiger partial charge in [0.2, 0.25) is 0 Å². The van der Waals surface area contributed by atoms with Crippen molar-refractivity contribution in [3.63, 3.8) is 0 Å². The summed E-state index contributed by atoms with van der Waals surface area (Å²) in [4.78, 5) is 4.52. The fourth-order valence-corrected chi connectivity index (χ4v) is 1.61. The molecule has 7 heteroatoms. The standard InChI is InChI=1S/C11H13N.5CO.Cr/c1-8-11(2,3)9-6-4-5-7-10(9)12-8;5*1-2;/h4-7H,1-3H3;;;;;;. The molecule has 6 nitrogen and oxygen atoms in total. The zero-order valence-corrected chi connectivity index (χ0v) is 14.0. The van der Waals surface area contributed by atoms with E-state index < -0.39 is 0 Å². The van der Waals surface area contributed by atoms with Gasteiger partial charge in [-0.2, -0.15) is 0 Å². The first-order chi connectivity index (χ1) is 10.6. The average Bonchev–Trinajstić information content (AvgIpc) is 2.86. The molecule has 0 aliphatic carbocycles. The van der Waals surface area contributed by atoms with Crippen molar-refractivity contribution in [2.75, 3.05) is 0 Å². The van der Waals surface area contributed by atoms with Crippen molar-refractivity contribution >= 4 is 11.4 Å². The van der Waals surface area contributed by atoms with Crippen LogP contribution < -0.4 is 0 Å². The van der Waals surface area contributed by atoms with Crippen LogP contribution in [0.4, 0.5) is 5.69 Å². The molecule has 0 bridgehead atoms. The molecule has 1 aromatic rings. The van der Waals surface area contributed by atoms with Gasteiger partial charge in [-0.05, 0) is 18.6 Å². The molecule has 0 amide bonds. The molecule has 1 aromatic carbocycles. The summed E-state index contributed by atoms with van der Waals surface area (Å²) in [5.41, 5.74) is 3.84. The number of hydrogen-bond donors (Lipinski definition) is 0. The van der Waals surface area contributed by atoms with Crippen LogP contribution in [0.2, 0.25) is 0 Å². The number of nitrogens with zero attached hydrogens (tertiary/aromatic N) is 1. The number of benzene rings is 1. The van der Waals surface area contributed by atoms with E-state index in [-0.39, 0.29) is 22.8 Å². The van der Waals surface area contributed by atoms with Crippen molar-refractivity contribution in [3.8, 4) is 0 Å². The second kappa shape index (κ2) is 22.4. The fourth-order valence-electron chi connectivity index (χ4n) is 1.61. The van der Waals surface area contributed by atoms with E-state index in [0.29, 0.717) is 0 Å². The third kappa shape index (κ3) is 10.5. The van der Waals surface area contributed by atoms with Crippen molar-refractivity contribution in [2.45, 2.75) is 26.2 Å². The zero-order chi connectivity index (χ0) is 18.8. The third-order valence-electron chi connectivity index (χ3n) is 2.77. The Morgan fingerprint density at radius 1 is 0.783 bits per heavy atom. The summed E-state index contributed by atoms with van der Waals surface area (Å²) in [5.74, 6) is 0. The van der Waals surface area contributed by atoms with Crippen molar-refractivity contribution in [2.24, 2.45) is 4.99 Å². The van der Waals surface area contributed by atoms with Crippen molar-refractivity contribution in [1.82, 2.24) is 0 Å². The first kappa shape index (κ1) is 32.9. The van der Waals surface area contributed by atoms with E-state index in [2.05, 4.69) is 77.2 Å². The van der Waals surface area contributed by atoms with E-state index in [0.717, 1.165) is 5.69 Å². The summed E-state index contributed by atoms with van der Waals surface area (Å²) in [6.45, 7) is 29.0. The Hall–Kier alpha value is -1.88. The molecule has 0 saturated carbocycles. The topological polar surface area (TPSA) is 112 Å². The molecule has 0 spiro atoms. The first-order valence-electron chi connectivity index (χ1n) is 5.30. The van der Waals surface area contributed by atoms with Gasteiger partial charge in [0, 0.05) is 28.5 Å². The largest absolute Gasteiger partial charge is 0 e. The monoisotopic (exact) mass is 351 g/mol. The molecule has 1 heterocycles. The molecule has 2 rings (SSSR count). The van der Waals surface area contributed by atoms with E-state index in [1.54, 1.807) is 0 Å². The summed E-state index contributed by atoms with van der Waals surface area (Å²) in [6.07, 6.45) is 0. The summed E-state index contributed by atoms with van der Waals surface area (Å²) in [7, 11) is 0. The smallest absolute Gasteiger partial charge is 0 e. The molecule has 0 aromatic heterocycles. The van der Waals surface area contributed by atoms with E-state index in [1.165, 1.54) is 11.3 Å². The number of para-hydroxylation sites is 1. The summed E-state index contributed by atoms with van der Waals surface area (Å²) >= 11 is 0. The molecule has 0 saturated heterocycles. The van der Waals surface area contributed by atoms with Gasteiger partial charge in [-0.25, -0.2) is 0 Å². The van der Waals surface area contributed by atoms with Crippen molar-refractivity contribution in [1.29, 1.82) is 0 Å². The van der Waals surface area contributed by atoms with Crippen molar-refractivity contribution < 1.29 is 40.6 Å². The molecular formula is C16H13CrNO5. The number of aliphatic imine (C=N–C) groups is 1.